The molecule has 0 aliphatic carbocycles. The fourth-order valence-electron chi connectivity index (χ4n) is 2.13. The number of aryl methyl sites for hydroxylation is 1. The van der Waals surface area contributed by atoms with Crippen LogP contribution in [0.2, 0.25) is 0 Å². The van der Waals surface area contributed by atoms with E-state index in [1.807, 2.05) is 10.9 Å². The highest BCUT2D eigenvalue weighted by molar-refractivity contribution is 5.95. The Morgan fingerprint density at radius 3 is 2.83 bits per heavy atom. The maximum atomic E-state index is 12.0. The Morgan fingerprint density at radius 2 is 2.22 bits per heavy atom. The summed E-state index contributed by atoms with van der Waals surface area (Å²) in [7, 11) is 0. The molecular weight excluding hydrogens is 226 g/mol. The van der Waals surface area contributed by atoms with Crippen molar-refractivity contribution in [3.8, 4) is 0 Å². The molecule has 0 bridgehead atoms. The smallest absolute Gasteiger partial charge is 0.166 e. The number of nitrogens with two attached hydrogens (primary N) is 1. The van der Waals surface area contributed by atoms with Crippen LogP contribution in [0.5, 0.6) is 0 Å². The minimum absolute atomic E-state index is 0.202. The number of nitrogens with zero attached hydrogens (tertiary/aromatic N) is 2. The van der Waals surface area contributed by atoms with Gasteiger partial charge in [-0.05, 0) is 31.7 Å². The van der Waals surface area contributed by atoms with Crippen molar-refractivity contribution in [2.24, 2.45) is 11.7 Å². The van der Waals surface area contributed by atoms with Crippen molar-refractivity contribution in [2.75, 3.05) is 6.54 Å². The zero-order valence-electron chi connectivity index (χ0n) is 11.6. The Morgan fingerprint density at radius 1 is 1.44 bits per heavy atom. The summed E-state index contributed by atoms with van der Waals surface area (Å²) in [5.41, 5.74) is 6.30. The lowest BCUT2D eigenvalue weighted by Crippen LogP contribution is -2.10. The highest BCUT2D eigenvalue weighted by Crippen LogP contribution is 2.16. The van der Waals surface area contributed by atoms with E-state index in [0.29, 0.717) is 18.9 Å². The molecule has 102 valence electrons. The molecule has 1 aromatic rings. The maximum Gasteiger partial charge on any atom is 0.166 e. The Kier molecular flexibility index (Phi) is 6.65. The molecule has 4 nitrogen and oxygen atoms in total. The molecule has 0 fully saturated rings. The second-order valence-corrected chi connectivity index (χ2v) is 4.81. The number of hydrogen-bond acceptors (Lipinski definition) is 3. The predicted octanol–water partition coefficient (Wildman–Crippen LogP) is 2.63. The van der Waals surface area contributed by atoms with Gasteiger partial charge in [0.05, 0.1) is 11.8 Å². The zero-order valence-corrected chi connectivity index (χ0v) is 11.6. The maximum absolute atomic E-state index is 12.0. The van der Waals surface area contributed by atoms with E-state index in [1.54, 1.807) is 6.20 Å². The van der Waals surface area contributed by atoms with E-state index in [0.717, 1.165) is 37.8 Å². The molecule has 1 rings (SSSR count). The van der Waals surface area contributed by atoms with Crippen LogP contribution >= 0.6 is 0 Å². The van der Waals surface area contributed by atoms with E-state index in [-0.39, 0.29) is 5.78 Å². The first-order chi connectivity index (χ1) is 8.71. The third-order valence-electron chi connectivity index (χ3n) is 3.34. The standard InChI is InChI=1S/C14H25N3O/c1-3-9-17-11-13(10-16-17)14(18)6-5-12(4-2)7-8-15/h10-12H,3-9,15H2,1-2H3. The van der Waals surface area contributed by atoms with Crippen LogP contribution in [0.1, 0.15) is 56.3 Å². The fraction of sp³-hybridized carbons (Fsp3) is 0.714. The largest absolute Gasteiger partial charge is 0.330 e. The molecule has 4 heteroatoms. The number of rotatable bonds is 9. The van der Waals surface area contributed by atoms with E-state index in [4.69, 9.17) is 5.73 Å². The van der Waals surface area contributed by atoms with Gasteiger partial charge in [0.25, 0.3) is 0 Å². The molecule has 0 aromatic carbocycles. The average molecular weight is 251 g/mol. The van der Waals surface area contributed by atoms with Crippen molar-refractivity contribution < 1.29 is 4.79 Å². The summed E-state index contributed by atoms with van der Waals surface area (Å²) >= 11 is 0. The summed E-state index contributed by atoms with van der Waals surface area (Å²) in [6.45, 7) is 5.84. The van der Waals surface area contributed by atoms with Crippen LogP contribution in [0.3, 0.4) is 0 Å². The summed E-state index contributed by atoms with van der Waals surface area (Å²) in [6.07, 6.45) is 8.22. The van der Waals surface area contributed by atoms with Crippen LogP contribution in [0, 0.1) is 5.92 Å². The highest BCUT2D eigenvalue weighted by Gasteiger charge is 2.12. The van der Waals surface area contributed by atoms with Crippen molar-refractivity contribution in [2.45, 2.75) is 52.5 Å². The van der Waals surface area contributed by atoms with E-state index in [1.165, 1.54) is 0 Å². The number of carbonyl (C=O) groups excluding carboxylic acids is 1. The molecule has 1 aromatic heterocycles. The Hall–Kier alpha value is -1.16. The minimum Gasteiger partial charge on any atom is -0.330 e. The van der Waals surface area contributed by atoms with Crippen molar-refractivity contribution in [1.29, 1.82) is 0 Å². The van der Waals surface area contributed by atoms with Gasteiger partial charge in [0.1, 0.15) is 0 Å². The lowest BCUT2D eigenvalue weighted by atomic mass is 9.94. The van der Waals surface area contributed by atoms with Crippen LogP contribution in [0.4, 0.5) is 0 Å². The van der Waals surface area contributed by atoms with E-state index in [9.17, 15) is 4.79 Å². The number of carbonyl (C=O) groups is 1. The molecular formula is C14H25N3O. The van der Waals surface area contributed by atoms with E-state index in [2.05, 4.69) is 18.9 Å². The number of aromatic nitrogens is 2. The fourth-order valence-corrected chi connectivity index (χ4v) is 2.13. The third kappa shape index (κ3) is 4.61. The predicted molar refractivity (Wildman–Crippen MR) is 73.5 cm³/mol. The summed E-state index contributed by atoms with van der Waals surface area (Å²) in [4.78, 5) is 12.0. The average Bonchev–Trinajstić information content (AvgIpc) is 2.83. The molecule has 0 spiro atoms. The molecule has 0 aliphatic heterocycles. The number of Topliss-reactive ketones (excluding diaryl/α,β-unsaturated/α-hetero) is 1. The van der Waals surface area contributed by atoms with E-state index < -0.39 is 0 Å². The van der Waals surface area contributed by atoms with Gasteiger partial charge in [-0.2, -0.15) is 5.10 Å². The zero-order chi connectivity index (χ0) is 13.4. The van der Waals surface area contributed by atoms with Crippen molar-refractivity contribution >= 4 is 5.78 Å². The summed E-state index contributed by atoms with van der Waals surface area (Å²) in [5.74, 6) is 0.775. The number of hydrogen-bond donors (Lipinski definition) is 1. The monoisotopic (exact) mass is 251 g/mol. The van der Waals surface area contributed by atoms with Gasteiger partial charge in [-0.1, -0.05) is 20.3 Å². The summed E-state index contributed by atoms with van der Waals surface area (Å²) in [5, 5.41) is 4.19. The van der Waals surface area contributed by atoms with Gasteiger partial charge in [0.2, 0.25) is 0 Å². The Balaban J connectivity index is 2.43. The van der Waals surface area contributed by atoms with Crippen molar-refractivity contribution in [3.63, 3.8) is 0 Å². The van der Waals surface area contributed by atoms with Gasteiger partial charge in [0, 0.05) is 19.2 Å². The molecule has 1 heterocycles. The molecule has 0 saturated heterocycles. The topological polar surface area (TPSA) is 60.9 Å². The molecule has 18 heavy (non-hydrogen) atoms. The van der Waals surface area contributed by atoms with Gasteiger partial charge in [0.15, 0.2) is 5.78 Å². The normalized spacial score (nSPS) is 12.6. The van der Waals surface area contributed by atoms with Gasteiger partial charge in [-0.15, -0.1) is 0 Å². The van der Waals surface area contributed by atoms with Gasteiger partial charge >= 0.3 is 0 Å². The molecule has 0 saturated carbocycles. The van der Waals surface area contributed by atoms with Gasteiger partial charge in [-0.25, -0.2) is 0 Å². The van der Waals surface area contributed by atoms with E-state index >= 15 is 0 Å². The quantitative estimate of drug-likeness (QED) is 0.686. The minimum atomic E-state index is 0.202. The van der Waals surface area contributed by atoms with Gasteiger partial charge < -0.3 is 5.73 Å². The lowest BCUT2D eigenvalue weighted by molar-refractivity contribution is 0.0972. The Labute approximate surface area is 110 Å². The third-order valence-corrected chi connectivity index (χ3v) is 3.34. The van der Waals surface area contributed by atoms with Gasteiger partial charge in [-0.3, -0.25) is 9.48 Å². The van der Waals surface area contributed by atoms with Crippen LogP contribution in [0.15, 0.2) is 12.4 Å². The van der Waals surface area contributed by atoms with Crippen molar-refractivity contribution in [3.05, 3.63) is 18.0 Å². The molecule has 1 atom stereocenters. The second-order valence-electron chi connectivity index (χ2n) is 4.81. The lowest BCUT2D eigenvalue weighted by Gasteiger charge is -2.12. The molecule has 0 radical (unpaired) electrons. The first kappa shape index (κ1) is 14.9. The SMILES string of the molecule is CCCn1cc(C(=O)CCC(CC)CCN)cn1. The summed E-state index contributed by atoms with van der Waals surface area (Å²) < 4.78 is 1.84. The van der Waals surface area contributed by atoms with Crippen LogP contribution < -0.4 is 5.73 Å². The Bertz CT molecular complexity index is 360. The van der Waals surface area contributed by atoms with Crippen LogP contribution in [-0.4, -0.2) is 22.1 Å². The second kappa shape index (κ2) is 8.03. The first-order valence-electron chi connectivity index (χ1n) is 6.96. The molecule has 1 unspecified atom stereocenters. The molecule has 2 N–H and O–H groups in total. The van der Waals surface area contributed by atoms with Crippen LogP contribution in [-0.2, 0) is 6.54 Å². The first-order valence-corrected chi connectivity index (χ1v) is 6.96. The van der Waals surface area contributed by atoms with Crippen molar-refractivity contribution in [1.82, 2.24) is 9.78 Å². The molecule has 0 aliphatic rings. The number of ketones is 1. The highest BCUT2D eigenvalue weighted by atomic mass is 16.1. The summed E-state index contributed by atoms with van der Waals surface area (Å²) in [6, 6.07) is 0. The van der Waals surface area contributed by atoms with Crippen LogP contribution in [0.25, 0.3) is 0 Å². The molecule has 0 amide bonds.